The lowest BCUT2D eigenvalue weighted by molar-refractivity contribution is -0.141. The van der Waals surface area contributed by atoms with Crippen LogP contribution < -0.4 is 11.1 Å². The third-order valence-electron chi connectivity index (χ3n) is 3.50. The van der Waals surface area contributed by atoms with Gasteiger partial charge in [-0.1, -0.05) is 42.5 Å². The molecule has 0 radical (unpaired) electrons. The van der Waals surface area contributed by atoms with Gasteiger partial charge in [0.25, 0.3) is 0 Å². The van der Waals surface area contributed by atoms with Gasteiger partial charge in [-0.05, 0) is 24.7 Å². The SMILES string of the molecule is C.C.CC(C)C[C@H](N)C(=O)O.COC(=O)/C=C/C(=O)N[C@@H](CC(C)C)C(=O)O.COC(=O)/C=C/C(=O)O. The van der Waals surface area contributed by atoms with Gasteiger partial charge in [0, 0.05) is 24.3 Å². The van der Waals surface area contributed by atoms with Crippen molar-refractivity contribution in [2.24, 2.45) is 17.6 Å². The van der Waals surface area contributed by atoms with E-state index < -0.39 is 47.8 Å². The van der Waals surface area contributed by atoms with Crippen molar-refractivity contribution >= 4 is 35.8 Å². The monoisotopic (exact) mass is 536 g/mol. The molecule has 0 aromatic heterocycles. The van der Waals surface area contributed by atoms with Gasteiger partial charge in [0.2, 0.25) is 5.91 Å². The van der Waals surface area contributed by atoms with E-state index in [1.54, 1.807) is 0 Å². The standard InChI is InChI=1S/C11H17NO5.C6H13NO2.C5H6O4.2CH4/c1-7(2)6-8(11(15)16)12-9(13)4-5-10(14)17-3;1-4(2)3-5(7)6(8)9;1-9-5(8)3-2-4(6)7;;/h4-5,7-8H,6H2,1-3H3,(H,12,13)(H,15,16);4-5H,3,7H2,1-2H3,(H,8,9);2-3H,1H3,(H,6,7);2*1H4/b5-4+;;3-2+;;/t8-;5-;;;/m00.../s1. The molecule has 13 nitrogen and oxygen atoms in total. The summed E-state index contributed by atoms with van der Waals surface area (Å²) in [4.78, 5) is 62.8. The Kier molecular flexibility index (Phi) is 29.7. The number of nitrogens with two attached hydrogens (primary N) is 1. The Balaban J connectivity index is -0.000000146. The summed E-state index contributed by atoms with van der Waals surface area (Å²) in [6.07, 6.45) is 4.31. The van der Waals surface area contributed by atoms with Crippen LogP contribution in [0.25, 0.3) is 0 Å². The van der Waals surface area contributed by atoms with Crippen molar-refractivity contribution in [1.82, 2.24) is 5.32 Å². The van der Waals surface area contributed by atoms with Crippen molar-refractivity contribution in [2.45, 2.75) is 67.5 Å². The molecule has 216 valence electrons. The molecule has 0 aliphatic rings. The number of ether oxygens (including phenoxy) is 2. The van der Waals surface area contributed by atoms with Crippen LogP contribution in [0.3, 0.4) is 0 Å². The highest BCUT2D eigenvalue weighted by Gasteiger charge is 2.20. The van der Waals surface area contributed by atoms with Gasteiger partial charge in [-0.15, -0.1) is 0 Å². The van der Waals surface area contributed by atoms with Crippen LogP contribution in [0.5, 0.6) is 0 Å². The summed E-state index contributed by atoms with van der Waals surface area (Å²) in [7, 11) is 2.36. The van der Waals surface area contributed by atoms with Crippen LogP contribution in [0.1, 0.15) is 55.4 Å². The zero-order chi connectivity index (χ0) is 28.1. The maximum atomic E-state index is 11.3. The van der Waals surface area contributed by atoms with E-state index in [9.17, 15) is 28.8 Å². The van der Waals surface area contributed by atoms with E-state index in [4.69, 9.17) is 21.1 Å². The molecule has 37 heavy (non-hydrogen) atoms. The largest absolute Gasteiger partial charge is 0.480 e. The minimum Gasteiger partial charge on any atom is -0.480 e. The van der Waals surface area contributed by atoms with Crippen LogP contribution in [0.2, 0.25) is 0 Å². The lowest BCUT2D eigenvalue weighted by Crippen LogP contribution is -2.40. The summed E-state index contributed by atoms with van der Waals surface area (Å²) >= 11 is 0. The first kappa shape index (κ1) is 43.3. The number of hydrogen-bond acceptors (Lipinski definition) is 9. The predicted molar refractivity (Wildman–Crippen MR) is 137 cm³/mol. The van der Waals surface area contributed by atoms with E-state index in [0.29, 0.717) is 24.8 Å². The molecule has 0 bridgehead atoms. The van der Waals surface area contributed by atoms with E-state index in [2.05, 4.69) is 14.8 Å². The normalized spacial score (nSPS) is 11.4. The molecule has 0 aromatic carbocycles. The summed E-state index contributed by atoms with van der Waals surface area (Å²) in [5.41, 5.74) is 5.22. The average Bonchev–Trinajstić information content (AvgIpc) is 2.75. The highest BCUT2D eigenvalue weighted by molar-refractivity contribution is 5.96. The van der Waals surface area contributed by atoms with E-state index in [-0.39, 0.29) is 20.8 Å². The molecular weight excluding hydrogens is 492 g/mol. The number of amides is 1. The number of carbonyl (C=O) groups excluding carboxylic acids is 3. The molecule has 2 atom stereocenters. The van der Waals surface area contributed by atoms with Gasteiger partial charge in [0.05, 0.1) is 14.2 Å². The van der Waals surface area contributed by atoms with Crippen LogP contribution in [0.4, 0.5) is 0 Å². The van der Waals surface area contributed by atoms with Gasteiger partial charge < -0.3 is 35.8 Å². The highest BCUT2D eigenvalue weighted by atomic mass is 16.5. The van der Waals surface area contributed by atoms with Crippen molar-refractivity contribution in [3.8, 4) is 0 Å². The number of carbonyl (C=O) groups is 6. The van der Waals surface area contributed by atoms with Crippen molar-refractivity contribution in [1.29, 1.82) is 0 Å². The first-order valence-electron chi connectivity index (χ1n) is 10.3. The Morgan fingerprint density at radius 3 is 1.41 bits per heavy atom. The zero-order valence-electron chi connectivity index (χ0n) is 20.7. The van der Waals surface area contributed by atoms with Gasteiger partial charge >= 0.3 is 29.8 Å². The molecule has 0 fully saturated rings. The van der Waals surface area contributed by atoms with E-state index in [1.807, 2.05) is 27.7 Å². The minimum atomic E-state index is -1.17. The summed E-state index contributed by atoms with van der Waals surface area (Å²) in [5, 5.41) is 27.4. The zero-order valence-corrected chi connectivity index (χ0v) is 20.7. The summed E-state index contributed by atoms with van der Waals surface area (Å²) in [5.74, 6) is -4.66. The molecule has 0 spiro atoms. The molecule has 0 unspecified atom stereocenters. The maximum Gasteiger partial charge on any atom is 0.330 e. The fraction of sp³-hybridized carbons (Fsp3) is 0.583. The minimum absolute atomic E-state index is 0. The van der Waals surface area contributed by atoms with Gasteiger partial charge in [-0.25, -0.2) is 19.2 Å². The molecular formula is C24H44N2O11. The molecule has 13 heteroatoms. The second-order valence-electron chi connectivity index (χ2n) is 7.65. The van der Waals surface area contributed by atoms with Crippen LogP contribution in [-0.4, -0.2) is 77.4 Å². The van der Waals surface area contributed by atoms with Crippen molar-refractivity contribution in [3.63, 3.8) is 0 Å². The predicted octanol–water partition coefficient (Wildman–Crippen LogP) is 1.85. The molecule has 0 aliphatic heterocycles. The van der Waals surface area contributed by atoms with Crippen LogP contribution in [0, 0.1) is 11.8 Å². The van der Waals surface area contributed by atoms with Crippen molar-refractivity contribution in [3.05, 3.63) is 24.3 Å². The lowest BCUT2D eigenvalue weighted by Gasteiger charge is -2.15. The molecule has 0 saturated heterocycles. The lowest BCUT2D eigenvalue weighted by atomic mass is 10.0. The number of carboxylic acid groups (broad SMARTS) is 3. The second-order valence-corrected chi connectivity index (χ2v) is 7.65. The number of aliphatic carboxylic acids is 3. The van der Waals surface area contributed by atoms with Crippen molar-refractivity contribution < 1.29 is 53.6 Å². The number of hydrogen-bond donors (Lipinski definition) is 5. The average molecular weight is 537 g/mol. The Morgan fingerprint density at radius 2 is 1.14 bits per heavy atom. The molecule has 0 saturated carbocycles. The quantitative estimate of drug-likeness (QED) is 0.189. The number of esters is 2. The molecule has 0 aromatic rings. The smallest absolute Gasteiger partial charge is 0.330 e. The molecule has 0 aliphatic carbocycles. The Morgan fingerprint density at radius 1 is 0.730 bits per heavy atom. The number of nitrogens with one attached hydrogen (secondary N) is 1. The van der Waals surface area contributed by atoms with E-state index >= 15 is 0 Å². The molecule has 6 N–H and O–H groups in total. The summed E-state index contributed by atoms with van der Waals surface area (Å²) in [6.45, 7) is 7.60. The van der Waals surface area contributed by atoms with Crippen molar-refractivity contribution in [2.75, 3.05) is 14.2 Å². The number of rotatable bonds is 11. The Labute approximate surface area is 218 Å². The first-order valence-corrected chi connectivity index (χ1v) is 10.3. The maximum absolute atomic E-state index is 11.3. The summed E-state index contributed by atoms with van der Waals surface area (Å²) < 4.78 is 8.41. The number of methoxy groups -OCH3 is 2. The third-order valence-corrected chi connectivity index (χ3v) is 3.50. The summed E-state index contributed by atoms with van der Waals surface area (Å²) in [6, 6.07) is -1.64. The van der Waals surface area contributed by atoms with Gasteiger partial charge in [-0.2, -0.15) is 0 Å². The fourth-order valence-corrected chi connectivity index (χ4v) is 1.94. The first-order chi connectivity index (χ1) is 16.1. The molecule has 0 heterocycles. The third kappa shape index (κ3) is 32.3. The van der Waals surface area contributed by atoms with Gasteiger partial charge in [-0.3, -0.25) is 9.59 Å². The van der Waals surface area contributed by atoms with E-state index in [1.165, 1.54) is 14.2 Å². The fourth-order valence-electron chi connectivity index (χ4n) is 1.94. The van der Waals surface area contributed by atoms with Crippen LogP contribution >= 0.6 is 0 Å². The highest BCUT2D eigenvalue weighted by Crippen LogP contribution is 2.05. The molecule has 1 amide bonds. The van der Waals surface area contributed by atoms with Gasteiger partial charge in [0.15, 0.2) is 0 Å². The van der Waals surface area contributed by atoms with E-state index in [0.717, 1.165) is 18.2 Å². The number of carboxylic acids is 3. The van der Waals surface area contributed by atoms with Crippen LogP contribution in [0.15, 0.2) is 24.3 Å². The topological polar surface area (TPSA) is 220 Å². The Hall–Kier alpha value is -3.74. The van der Waals surface area contributed by atoms with Crippen LogP contribution in [-0.2, 0) is 38.2 Å². The second kappa shape index (κ2) is 25.4. The Bertz CT molecular complexity index is 760. The van der Waals surface area contributed by atoms with Gasteiger partial charge in [0.1, 0.15) is 12.1 Å². The molecule has 0 rings (SSSR count).